The zero-order valence-electron chi connectivity index (χ0n) is 13.2. The molecule has 3 aromatic rings. The Hall–Kier alpha value is -3.43. The van der Waals surface area contributed by atoms with Gasteiger partial charge in [0.1, 0.15) is 5.69 Å². The fourth-order valence-electron chi connectivity index (χ4n) is 3.07. The second kappa shape index (κ2) is 5.89. The molecule has 1 aliphatic heterocycles. The van der Waals surface area contributed by atoms with E-state index in [1.54, 1.807) is 0 Å². The SMILES string of the molecule is Nc1nonc1-n1nnc(C(=O)O)c1CN1CCCc2ccccc21. The van der Waals surface area contributed by atoms with Gasteiger partial charge < -0.3 is 15.7 Å². The number of nitrogens with two attached hydrogens (primary N) is 1. The zero-order valence-corrected chi connectivity index (χ0v) is 13.2. The van der Waals surface area contributed by atoms with Gasteiger partial charge in [-0.25, -0.2) is 9.42 Å². The predicted octanol–water partition coefficient (Wildman–Crippen LogP) is 0.883. The number of hydrogen-bond donors (Lipinski definition) is 2. The van der Waals surface area contributed by atoms with Crippen LogP contribution < -0.4 is 10.6 Å². The fourth-order valence-corrected chi connectivity index (χ4v) is 3.07. The van der Waals surface area contributed by atoms with Gasteiger partial charge in [-0.2, -0.15) is 4.68 Å². The molecule has 0 spiro atoms. The van der Waals surface area contributed by atoms with Gasteiger partial charge in [0, 0.05) is 12.2 Å². The van der Waals surface area contributed by atoms with Gasteiger partial charge >= 0.3 is 5.97 Å². The van der Waals surface area contributed by atoms with Crippen LogP contribution in [0.4, 0.5) is 11.5 Å². The fraction of sp³-hybridized carbons (Fsp3) is 0.267. The highest BCUT2D eigenvalue weighted by Crippen LogP contribution is 2.29. The maximum absolute atomic E-state index is 11.6. The summed E-state index contributed by atoms with van der Waals surface area (Å²) < 4.78 is 5.87. The number of nitrogen functional groups attached to an aromatic ring is 1. The Morgan fingerprint density at radius 1 is 1.32 bits per heavy atom. The normalized spacial score (nSPS) is 13.7. The van der Waals surface area contributed by atoms with Crippen molar-refractivity contribution in [1.82, 2.24) is 25.3 Å². The van der Waals surface area contributed by atoms with Gasteiger partial charge in [0.2, 0.25) is 11.6 Å². The number of carboxylic acids is 1. The third-order valence-electron chi connectivity index (χ3n) is 4.21. The minimum atomic E-state index is -1.17. The lowest BCUT2D eigenvalue weighted by Gasteiger charge is -2.31. The Labute approximate surface area is 141 Å². The van der Waals surface area contributed by atoms with Gasteiger partial charge in [-0.1, -0.05) is 23.4 Å². The molecule has 0 amide bonds. The number of aromatic nitrogens is 5. The molecule has 3 heterocycles. The number of hydrogen-bond acceptors (Lipinski definition) is 8. The van der Waals surface area contributed by atoms with Crippen LogP contribution in [0.15, 0.2) is 28.9 Å². The molecular weight excluding hydrogens is 326 g/mol. The Morgan fingerprint density at radius 3 is 2.92 bits per heavy atom. The van der Waals surface area contributed by atoms with Crippen LogP contribution in [0.5, 0.6) is 0 Å². The summed E-state index contributed by atoms with van der Waals surface area (Å²) >= 11 is 0. The summed E-state index contributed by atoms with van der Waals surface area (Å²) in [6.07, 6.45) is 1.98. The number of nitrogens with zero attached hydrogens (tertiary/aromatic N) is 6. The van der Waals surface area contributed by atoms with Gasteiger partial charge in [-0.15, -0.1) is 5.10 Å². The smallest absolute Gasteiger partial charge is 0.358 e. The Kier molecular flexibility index (Phi) is 3.56. The van der Waals surface area contributed by atoms with Gasteiger partial charge in [0.25, 0.3) is 0 Å². The van der Waals surface area contributed by atoms with Crippen LogP contribution in [-0.2, 0) is 13.0 Å². The van der Waals surface area contributed by atoms with Gasteiger partial charge in [0.15, 0.2) is 5.69 Å². The van der Waals surface area contributed by atoms with E-state index in [1.165, 1.54) is 10.2 Å². The first-order valence-electron chi connectivity index (χ1n) is 7.74. The van der Waals surface area contributed by atoms with Crippen LogP contribution in [0.25, 0.3) is 5.82 Å². The number of benzene rings is 1. The summed E-state index contributed by atoms with van der Waals surface area (Å²) in [6.45, 7) is 1.10. The summed E-state index contributed by atoms with van der Waals surface area (Å²) in [5, 5.41) is 24.3. The number of para-hydroxylation sites is 1. The first-order valence-corrected chi connectivity index (χ1v) is 7.74. The van der Waals surface area contributed by atoms with E-state index in [0.29, 0.717) is 12.2 Å². The monoisotopic (exact) mass is 341 g/mol. The molecule has 0 fully saturated rings. The van der Waals surface area contributed by atoms with Crippen molar-refractivity contribution in [2.45, 2.75) is 19.4 Å². The summed E-state index contributed by atoms with van der Waals surface area (Å²) in [6, 6.07) is 8.06. The molecule has 0 bridgehead atoms. The number of anilines is 2. The molecule has 4 rings (SSSR count). The minimum Gasteiger partial charge on any atom is -0.476 e. The summed E-state index contributed by atoms with van der Waals surface area (Å²) in [5.74, 6) is -1.02. The predicted molar refractivity (Wildman–Crippen MR) is 86.4 cm³/mol. The Morgan fingerprint density at radius 2 is 2.16 bits per heavy atom. The average molecular weight is 341 g/mol. The molecule has 0 saturated heterocycles. The molecule has 1 aromatic carbocycles. The number of aromatic carboxylic acids is 1. The molecule has 0 unspecified atom stereocenters. The summed E-state index contributed by atoms with van der Waals surface area (Å²) in [7, 11) is 0. The highest BCUT2D eigenvalue weighted by molar-refractivity contribution is 5.86. The lowest BCUT2D eigenvalue weighted by molar-refractivity contribution is 0.0689. The van der Waals surface area contributed by atoms with E-state index in [0.717, 1.165) is 25.1 Å². The summed E-state index contributed by atoms with van der Waals surface area (Å²) in [4.78, 5) is 13.7. The average Bonchev–Trinajstić information content (AvgIpc) is 3.21. The largest absolute Gasteiger partial charge is 0.476 e. The molecule has 0 saturated carbocycles. The second-order valence-electron chi connectivity index (χ2n) is 5.73. The van der Waals surface area contributed by atoms with Crippen LogP contribution in [0, 0.1) is 0 Å². The van der Waals surface area contributed by atoms with Crippen LogP contribution >= 0.6 is 0 Å². The van der Waals surface area contributed by atoms with Crippen molar-refractivity contribution >= 4 is 17.5 Å². The molecule has 3 N–H and O–H groups in total. The van der Waals surface area contributed by atoms with E-state index in [-0.39, 0.29) is 17.3 Å². The lowest BCUT2D eigenvalue weighted by atomic mass is 10.0. The van der Waals surface area contributed by atoms with Crippen molar-refractivity contribution in [2.75, 3.05) is 17.2 Å². The molecule has 2 aromatic heterocycles. The van der Waals surface area contributed by atoms with Crippen molar-refractivity contribution in [3.8, 4) is 5.82 Å². The van der Waals surface area contributed by atoms with Gasteiger partial charge in [0.05, 0.1) is 6.54 Å². The molecule has 1 aliphatic rings. The van der Waals surface area contributed by atoms with E-state index in [1.807, 2.05) is 18.2 Å². The maximum atomic E-state index is 11.6. The topological polar surface area (TPSA) is 136 Å². The number of carboxylic acid groups (broad SMARTS) is 1. The second-order valence-corrected chi connectivity index (χ2v) is 5.73. The molecular formula is C15H15N7O3. The third kappa shape index (κ3) is 2.57. The van der Waals surface area contributed by atoms with Crippen LogP contribution in [0.1, 0.15) is 28.2 Å². The number of rotatable bonds is 4. The van der Waals surface area contributed by atoms with Crippen molar-refractivity contribution in [1.29, 1.82) is 0 Å². The Bertz CT molecular complexity index is 933. The van der Waals surface area contributed by atoms with E-state index >= 15 is 0 Å². The van der Waals surface area contributed by atoms with E-state index < -0.39 is 5.97 Å². The Balaban J connectivity index is 1.77. The highest BCUT2D eigenvalue weighted by atomic mass is 16.6. The van der Waals surface area contributed by atoms with E-state index in [9.17, 15) is 9.90 Å². The first kappa shape index (κ1) is 15.1. The van der Waals surface area contributed by atoms with E-state index in [2.05, 4.69) is 36.2 Å². The van der Waals surface area contributed by atoms with Crippen molar-refractivity contribution < 1.29 is 14.5 Å². The van der Waals surface area contributed by atoms with Crippen molar-refractivity contribution in [3.63, 3.8) is 0 Å². The van der Waals surface area contributed by atoms with Crippen molar-refractivity contribution in [3.05, 3.63) is 41.2 Å². The maximum Gasteiger partial charge on any atom is 0.358 e. The van der Waals surface area contributed by atoms with E-state index in [4.69, 9.17) is 5.73 Å². The number of aryl methyl sites for hydroxylation is 1. The molecule has 0 atom stereocenters. The third-order valence-corrected chi connectivity index (χ3v) is 4.21. The summed E-state index contributed by atoms with van der Waals surface area (Å²) in [5.41, 5.74) is 8.24. The quantitative estimate of drug-likeness (QED) is 0.708. The van der Waals surface area contributed by atoms with Crippen LogP contribution in [0.3, 0.4) is 0 Å². The van der Waals surface area contributed by atoms with Crippen LogP contribution in [-0.4, -0.2) is 42.9 Å². The lowest BCUT2D eigenvalue weighted by Crippen LogP contribution is -2.30. The molecule has 10 nitrogen and oxygen atoms in total. The number of fused-ring (bicyclic) bond motifs is 1. The molecule has 128 valence electrons. The molecule has 25 heavy (non-hydrogen) atoms. The minimum absolute atomic E-state index is 0.0159. The number of carbonyl (C=O) groups is 1. The highest BCUT2D eigenvalue weighted by Gasteiger charge is 2.26. The molecule has 0 radical (unpaired) electrons. The standard InChI is InChI=1S/C15H15N7O3/c16-13-14(19-25-18-13)22-11(12(15(23)24)17-20-22)8-21-7-3-5-9-4-1-2-6-10(9)21/h1-2,4,6H,3,5,7-8H2,(H2,16,18)(H,23,24). The molecule has 0 aliphatic carbocycles. The van der Waals surface area contributed by atoms with Gasteiger partial charge in [-0.05, 0) is 34.8 Å². The van der Waals surface area contributed by atoms with Gasteiger partial charge in [-0.3, -0.25) is 0 Å². The molecule has 10 heteroatoms. The van der Waals surface area contributed by atoms with Crippen molar-refractivity contribution in [2.24, 2.45) is 0 Å². The van der Waals surface area contributed by atoms with Crippen LogP contribution in [0.2, 0.25) is 0 Å². The first-order chi connectivity index (χ1) is 12.1. The zero-order chi connectivity index (χ0) is 17.4.